The van der Waals surface area contributed by atoms with E-state index in [0.717, 1.165) is 11.1 Å². The molecule has 3 rings (SSSR count). The third-order valence-corrected chi connectivity index (χ3v) is 3.61. The van der Waals surface area contributed by atoms with E-state index in [1.165, 1.54) is 4.90 Å². The van der Waals surface area contributed by atoms with E-state index >= 15 is 0 Å². The van der Waals surface area contributed by atoms with Gasteiger partial charge in [-0.2, -0.15) is 0 Å². The van der Waals surface area contributed by atoms with Gasteiger partial charge in [-0.15, -0.1) is 0 Å². The molecule has 21 heavy (non-hydrogen) atoms. The minimum absolute atomic E-state index is 0.145. The van der Waals surface area contributed by atoms with E-state index in [4.69, 9.17) is 0 Å². The zero-order valence-corrected chi connectivity index (χ0v) is 11.3. The number of fused-ring (bicyclic) bond motifs is 1. The molecule has 5 nitrogen and oxygen atoms in total. The lowest BCUT2D eigenvalue weighted by Gasteiger charge is -2.22. The lowest BCUT2D eigenvalue weighted by molar-refractivity contribution is -0.139. The smallest absolute Gasteiger partial charge is 0.327 e. The maximum Gasteiger partial charge on any atom is 0.327 e. The quantitative estimate of drug-likeness (QED) is 0.929. The Bertz CT molecular complexity index is 685. The van der Waals surface area contributed by atoms with Crippen molar-refractivity contribution >= 4 is 17.6 Å². The van der Waals surface area contributed by atoms with E-state index < -0.39 is 12.0 Å². The molecule has 1 aliphatic heterocycles. The first-order chi connectivity index (χ1) is 10.2. The van der Waals surface area contributed by atoms with Crippen LogP contribution in [-0.2, 0) is 22.4 Å². The Hall–Kier alpha value is -2.69. The molecule has 106 valence electrons. The van der Waals surface area contributed by atoms with Crippen LogP contribution in [0.2, 0.25) is 0 Å². The van der Waals surface area contributed by atoms with Gasteiger partial charge in [0.1, 0.15) is 6.04 Å². The molecule has 0 fully saturated rings. The molecule has 0 bridgehead atoms. The summed E-state index contributed by atoms with van der Waals surface area (Å²) >= 11 is 0. The highest BCUT2D eigenvalue weighted by molar-refractivity contribution is 6.02. The van der Waals surface area contributed by atoms with Gasteiger partial charge < -0.3 is 5.11 Å². The molecule has 2 aromatic rings. The number of amides is 1. The third-order valence-electron chi connectivity index (χ3n) is 3.61. The van der Waals surface area contributed by atoms with Crippen LogP contribution < -0.4 is 4.90 Å². The van der Waals surface area contributed by atoms with E-state index in [0.29, 0.717) is 12.1 Å². The Morgan fingerprint density at radius 3 is 2.76 bits per heavy atom. The van der Waals surface area contributed by atoms with Gasteiger partial charge in [-0.25, -0.2) is 4.79 Å². The van der Waals surface area contributed by atoms with Gasteiger partial charge >= 0.3 is 5.97 Å². The van der Waals surface area contributed by atoms with E-state index in [9.17, 15) is 14.7 Å². The highest BCUT2D eigenvalue weighted by Gasteiger charge is 2.37. The zero-order chi connectivity index (χ0) is 14.8. The summed E-state index contributed by atoms with van der Waals surface area (Å²) in [6, 6.07) is 10.1. The molecule has 1 aromatic heterocycles. The van der Waals surface area contributed by atoms with Gasteiger partial charge in [0.15, 0.2) is 0 Å². The first-order valence-electron chi connectivity index (χ1n) is 6.68. The first kappa shape index (κ1) is 13.3. The second-order valence-electron chi connectivity index (χ2n) is 4.99. The molecular formula is C16H14N2O3. The Morgan fingerprint density at radius 1 is 1.24 bits per heavy atom. The number of benzene rings is 1. The van der Waals surface area contributed by atoms with Gasteiger partial charge in [-0.1, -0.05) is 24.3 Å². The summed E-state index contributed by atoms with van der Waals surface area (Å²) in [4.78, 5) is 29.3. The standard InChI is InChI=1S/C16H14N2O3/c19-15(8-11-4-3-7-17-10-11)18-13-6-2-1-5-12(13)9-14(18)16(20)21/h1-7,10,14H,8-9H2,(H,20,21)/t14-/m0/s1. The minimum atomic E-state index is -0.981. The number of nitrogens with zero attached hydrogens (tertiary/aromatic N) is 2. The Kier molecular flexibility index (Phi) is 3.39. The maximum absolute atomic E-state index is 12.5. The summed E-state index contributed by atoms with van der Waals surface area (Å²) in [5.74, 6) is -1.20. The predicted molar refractivity (Wildman–Crippen MR) is 77.0 cm³/mol. The highest BCUT2D eigenvalue weighted by Crippen LogP contribution is 2.32. The molecule has 2 heterocycles. The number of hydrogen-bond donors (Lipinski definition) is 1. The third kappa shape index (κ3) is 2.50. The van der Waals surface area contributed by atoms with Crippen LogP contribution in [0.1, 0.15) is 11.1 Å². The van der Waals surface area contributed by atoms with Crippen molar-refractivity contribution in [3.8, 4) is 0 Å². The van der Waals surface area contributed by atoms with E-state index in [2.05, 4.69) is 4.98 Å². The number of para-hydroxylation sites is 1. The second-order valence-corrected chi connectivity index (χ2v) is 4.99. The number of carbonyl (C=O) groups excluding carboxylic acids is 1. The zero-order valence-electron chi connectivity index (χ0n) is 11.3. The Labute approximate surface area is 121 Å². The van der Waals surface area contributed by atoms with Crippen LogP contribution in [0.3, 0.4) is 0 Å². The predicted octanol–water partition coefficient (Wildman–Crippen LogP) is 1.67. The number of aliphatic carboxylic acids is 1. The Balaban J connectivity index is 1.91. The van der Waals surface area contributed by atoms with E-state index in [-0.39, 0.29) is 12.3 Å². The van der Waals surface area contributed by atoms with Crippen molar-refractivity contribution in [1.29, 1.82) is 0 Å². The van der Waals surface area contributed by atoms with Crippen LogP contribution in [0.25, 0.3) is 0 Å². The molecule has 1 amide bonds. The lowest BCUT2D eigenvalue weighted by atomic mass is 10.1. The molecule has 1 N–H and O–H groups in total. The molecule has 1 aromatic carbocycles. The normalized spacial score (nSPS) is 16.6. The lowest BCUT2D eigenvalue weighted by Crippen LogP contribution is -2.43. The summed E-state index contributed by atoms with van der Waals surface area (Å²) in [6.45, 7) is 0. The summed E-state index contributed by atoms with van der Waals surface area (Å²) in [5.41, 5.74) is 2.36. The van der Waals surface area contributed by atoms with Crippen LogP contribution >= 0.6 is 0 Å². The monoisotopic (exact) mass is 282 g/mol. The summed E-state index contributed by atoms with van der Waals surface area (Å²) in [6.07, 6.45) is 3.76. The second kappa shape index (κ2) is 5.36. The number of carbonyl (C=O) groups is 2. The molecule has 0 saturated carbocycles. The number of rotatable bonds is 3. The number of carboxylic acid groups (broad SMARTS) is 1. The molecule has 1 aliphatic rings. The molecule has 0 aliphatic carbocycles. The summed E-state index contributed by atoms with van der Waals surface area (Å²) < 4.78 is 0. The number of carboxylic acids is 1. The fourth-order valence-electron chi connectivity index (χ4n) is 2.65. The fraction of sp³-hybridized carbons (Fsp3) is 0.188. The van der Waals surface area contributed by atoms with Gasteiger partial charge in [-0.3, -0.25) is 14.7 Å². The summed E-state index contributed by atoms with van der Waals surface area (Å²) in [7, 11) is 0. The van der Waals surface area contributed by atoms with Crippen molar-refractivity contribution in [3.05, 3.63) is 59.9 Å². The topological polar surface area (TPSA) is 70.5 Å². The van der Waals surface area contributed by atoms with Crippen molar-refractivity contribution in [2.75, 3.05) is 4.90 Å². The number of pyridine rings is 1. The minimum Gasteiger partial charge on any atom is -0.480 e. The van der Waals surface area contributed by atoms with Gasteiger partial charge in [0.2, 0.25) is 5.91 Å². The largest absolute Gasteiger partial charge is 0.480 e. The van der Waals surface area contributed by atoms with Crippen molar-refractivity contribution in [2.24, 2.45) is 0 Å². The first-order valence-corrected chi connectivity index (χ1v) is 6.68. The number of aromatic nitrogens is 1. The van der Waals surface area contributed by atoms with Gasteiger partial charge in [0.25, 0.3) is 0 Å². The molecule has 5 heteroatoms. The molecule has 0 unspecified atom stereocenters. The van der Waals surface area contributed by atoms with Gasteiger partial charge in [0.05, 0.1) is 6.42 Å². The Morgan fingerprint density at radius 2 is 2.05 bits per heavy atom. The van der Waals surface area contributed by atoms with Crippen molar-refractivity contribution in [1.82, 2.24) is 4.98 Å². The summed E-state index contributed by atoms with van der Waals surface area (Å²) in [5, 5.41) is 9.36. The van der Waals surface area contributed by atoms with Gasteiger partial charge in [0, 0.05) is 24.5 Å². The van der Waals surface area contributed by atoms with Crippen molar-refractivity contribution < 1.29 is 14.7 Å². The SMILES string of the molecule is O=C(O)[C@@H]1Cc2ccccc2N1C(=O)Cc1cccnc1. The average Bonchev–Trinajstić information content (AvgIpc) is 2.88. The van der Waals surface area contributed by atoms with Crippen LogP contribution in [-0.4, -0.2) is 28.0 Å². The molecule has 1 atom stereocenters. The van der Waals surface area contributed by atoms with Crippen LogP contribution in [0, 0.1) is 0 Å². The van der Waals surface area contributed by atoms with E-state index in [1.54, 1.807) is 24.5 Å². The van der Waals surface area contributed by atoms with Crippen LogP contribution in [0.15, 0.2) is 48.8 Å². The van der Waals surface area contributed by atoms with Crippen molar-refractivity contribution in [2.45, 2.75) is 18.9 Å². The average molecular weight is 282 g/mol. The van der Waals surface area contributed by atoms with Gasteiger partial charge in [-0.05, 0) is 23.3 Å². The van der Waals surface area contributed by atoms with E-state index in [1.807, 2.05) is 24.3 Å². The van der Waals surface area contributed by atoms with Crippen molar-refractivity contribution in [3.63, 3.8) is 0 Å². The molecule has 0 radical (unpaired) electrons. The molecule has 0 saturated heterocycles. The highest BCUT2D eigenvalue weighted by atomic mass is 16.4. The number of hydrogen-bond acceptors (Lipinski definition) is 3. The maximum atomic E-state index is 12.5. The molecule has 0 spiro atoms. The van der Waals surface area contributed by atoms with Crippen LogP contribution in [0.4, 0.5) is 5.69 Å². The number of anilines is 1. The fourth-order valence-corrected chi connectivity index (χ4v) is 2.65. The van der Waals surface area contributed by atoms with Crippen LogP contribution in [0.5, 0.6) is 0 Å². The molecular weight excluding hydrogens is 268 g/mol.